The molecule has 1 atom stereocenters. The molecule has 1 N–H and O–H groups in total. The van der Waals surface area contributed by atoms with Gasteiger partial charge in [0.2, 0.25) is 11.8 Å². The van der Waals surface area contributed by atoms with Gasteiger partial charge in [-0.25, -0.2) is 9.97 Å². The molecule has 0 radical (unpaired) electrons. The van der Waals surface area contributed by atoms with Crippen LogP contribution in [0.25, 0.3) is 22.4 Å². The van der Waals surface area contributed by atoms with E-state index in [1.165, 1.54) is 6.92 Å². The number of nitrogens with zero attached hydrogens (tertiary/aromatic N) is 5. The molecule has 0 saturated carbocycles. The molecular formula is C28H28N6O2. The van der Waals surface area contributed by atoms with Crippen LogP contribution >= 0.6 is 0 Å². The SMILES string of the molecule is CC(=O)N[C@@H](Cc1ccccc1)C(=O)N1CCN(c2nc(-c3ccccn3)nc3ccccc23)CC1. The number of anilines is 1. The van der Waals surface area contributed by atoms with Crippen molar-refractivity contribution in [3.63, 3.8) is 0 Å². The molecule has 182 valence electrons. The van der Waals surface area contributed by atoms with Gasteiger partial charge in [-0.2, -0.15) is 0 Å². The van der Waals surface area contributed by atoms with Gasteiger partial charge in [0.15, 0.2) is 5.82 Å². The fourth-order valence-electron chi connectivity index (χ4n) is 4.56. The number of benzene rings is 2. The molecule has 0 spiro atoms. The molecule has 2 amide bonds. The Bertz CT molecular complexity index is 1350. The third-order valence-electron chi connectivity index (χ3n) is 6.33. The highest BCUT2D eigenvalue weighted by Crippen LogP contribution is 2.27. The van der Waals surface area contributed by atoms with Crippen LogP contribution in [-0.2, 0) is 16.0 Å². The van der Waals surface area contributed by atoms with Gasteiger partial charge < -0.3 is 15.1 Å². The number of fused-ring (bicyclic) bond motifs is 1. The van der Waals surface area contributed by atoms with Gasteiger partial charge in [0.25, 0.3) is 0 Å². The van der Waals surface area contributed by atoms with Gasteiger partial charge in [0, 0.05) is 51.1 Å². The second-order valence-corrected chi connectivity index (χ2v) is 8.86. The highest BCUT2D eigenvalue weighted by atomic mass is 16.2. The highest BCUT2D eigenvalue weighted by molar-refractivity contribution is 5.91. The number of para-hydroxylation sites is 1. The first-order valence-corrected chi connectivity index (χ1v) is 12.1. The van der Waals surface area contributed by atoms with E-state index >= 15 is 0 Å². The van der Waals surface area contributed by atoms with Gasteiger partial charge in [-0.1, -0.05) is 48.5 Å². The number of carbonyl (C=O) groups excluding carboxylic acids is 2. The molecule has 3 heterocycles. The van der Waals surface area contributed by atoms with E-state index in [1.54, 1.807) is 6.20 Å². The number of hydrogen-bond acceptors (Lipinski definition) is 6. The third kappa shape index (κ3) is 5.17. The summed E-state index contributed by atoms with van der Waals surface area (Å²) < 4.78 is 0. The average Bonchev–Trinajstić information content (AvgIpc) is 2.92. The Labute approximate surface area is 210 Å². The molecule has 0 aliphatic carbocycles. The lowest BCUT2D eigenvalue weighted by atomic mass is 10.0. The lowest BCUT2D eigenvalue weighted by Crippen LogP contribution is -2.55. The molecule has 0 unspecified atom stereocenters. The Morgan fingerprint density at radius 3 is 2.33 bits per heavy atom. The number of aromatic nitrogens is 3. The molecule has 5 rings (SSSR count). The predicted molar refractivity (Wildman–Crippen MR) is 139 cm³/mol. The summed E-state index contributed by atoms with van der Waals surface area (Å²) >= 11 is 0. The zero-order valence-electron chi connectivity index (χ0n) is 20.2. The van der Waals surface area contributed by atoms with Crippen molar-refractivity contribution >= 4 is 28.5 Å². The predicted octanol–water partition coefficient (Wildman–Crippen LogP) is 3.09. The molecular weight excluding hydrogens is 452 g/mol. The van der Waals surface area contributed by atoms with Crippen LogP contribution in [-0.4, -0.2) is 63.9 Å². The van der Waals surface area contributed by atoms with Gasteiger partial charge >= 0.3 is 0 Å². The molecule has 8 nitrogen and oxygen atoms in total. The molecule has 2 aromatic heterocycles. The van der Waals surface area contributed by atoms with Crippen molar-refractivity contribution in [1.82, 2.24) is 25.2 Å². The van der Waals surface area contributed by atoms with Crippen molar-refractivity contribution in [3.05, 3.63) is 84.6 Å². The number of nitrogens with one attached hydrogen (secondary N) is 1. The molecule has 1 saturated heterocycles. The first-order chi connectivity index (χ1) is 17.6. The summed E-state index contributed by atoms with van der Waals surface area (Å²) in [6.45, 7) is 3.80. The molecule has 1 aliphatic heterocycles. The van der Waals surface area contributed by atoms with Crippen molar-refractivity contribution < 1.29 is 9.59 Å². The van der Waals surface area contributed by atoms with Crippen LogP contribution in [0.1, 0.15) is 12.5 Å². The van der Waals surface area contributed by atoms with E-state index in [2.05, 4.69) is 15.2 Å². The fraction of sp³-hybridized carbons (Fsp3) is 0.250. The van der Waals surface area contributed by atoms with Crippen LogP contribution in [0.5, 0.6) is 0 Å². The van der Waals surface area contributed by atoms with Crippen LogP contribution < -0.4 is 10.2 Å². The molecule has 0 bridgehead atoms. The normalized spacial score (nSPS) is 14.5. The summed E-state index contributed by atoms with van der Waals surface area (Å²) in [6.07, 6.45) is 2.20. The summed E-state index contributed by atoms with van der Waals surface area (Å²) in [4.78, 5) is 43.3. The van der Waals surface area contributed by atoms with Crippen LogP contribution in [0.15, 0.2) is 79.0 Å². The summed E-state index contributed by atoms with van der Waals surface area (Å²) in [6, 6.07) is 22.8. The smallest absolute Gasteiger partial charge is 0.245 e. The van der Waals surface area contributed by atoms with Crippen molar-refractivity contribution in [3.8, 4) is 11.5 Å². The Kier molecular flexibility index (Phi) is 6.84. The maximum atomic E-state index is 13.4. The maximum absolute atomic E-state index is 13.4. The van der Waals surface area contributed by atoms with E-state index in [0.29, 0.717) is 38.4 Å². The number of rotatable bonds is 6. The first kappa shape index (κ1) is 23.4. The maximum Gasteiger partial charge on any atom is 0.245 e. The monoisotopic (exact) mass is 480 g/mol. The van der Waals surface area contributed by atoms with E-state index in [1.807, 2.05) is 77.7 Å². The summed E-state index contributed by atoms with van der Waals surface area (Å²) in [5.74, 6) is 1.15. The standard InChI is InChI=1S/C28H28N6O2/c1-20(35)30-25(19-21-9-3-2-4-10-21)28(36)34-17-15-33(16-18-34)27-22-11-5-6-12-23(22)31-26(32-27)24-13-7-8-14-29-24/h2-14,25H,15-19H2,1H3,(H,30,35)/t25-/m0/s1. The van der Waals surface area contributed by atoms with Crippen LogP contribution in [0.4, 0.5) is 5.82 Å². The van der Waals surface area contributed by atoms with Crippen molar-refractivity contribution in [1.29, 1.82) is 0 Å². The van der Waals surface area contributed by atoms with Crippen LogP contribution in [0, 0.1) is 0 Å². The Morgan fingerprint density at radius 1 is 0.889 bits per heavy atom. The Balaban J connectivity index is 1.35. The number of amides is 2. The van der Waals surface area contributed by atoms with Crippen molar-refractivity contribution in [2.24, 2.45) is 0 Å². The Hall–Kier alpha value is -4.33. The van der Waals surface area contributed by atoms with Gasteiger partial charge in [0.05, 0.1) is 5.52 Å². The molecule has 36 heavy (non-hydrogen) atoms. The third-order valence-corrected chi connectivity index (χ3v) is 6.33. The molecule has 2 aromatic carbocycles. The zero-order chi connectivity index (χ0) is 24.9. The van der Waals surface area contributed by atoms with Gasteiger partial charge in [-0.15, -0.1) is 0 Å². The molecule has 4 aromatic rings. The van der Waals surface area contributed by atoms with Crippen LogP contribution in [0.2, 0.25) is 0 Å². The minimum atomic E-state index is -0.591. The van der Waals surface area contributed by atoms with E-state index in [-0.39, 0.29) is 11.8 Å². The minimum Gasteiger partial charge on any atom is -0.352 e. The van der Waals surface area contributed by atoms with Gasteiger partial charge in [0.1, 0.15) is 17.6 Å². The number of pyridine rings is 1. The lowest BCUT2D eigenvalue weighted by molar-refractivity contribution is -0.136. The van der Waals surface area contributed by atoms with Crippen molar-refractivity contribution in [2.45, 2.75) is 19.4 Å². The van der Waals surface area contributed by atoms with E-state index in [0.717, 1.165) is 28.0 Å². The molecule has 1 fully saturated rings. The minimum absolute atomic E-state index is 0.0598. The largest absolute Gasteiger partial charge is 0.352 e. The Morgan fingerprint density at radius 2 is 1.61 bits per heavy atom. The van der Waals surface area contributed by atoms with Gasteiger partial charge in [-0.3, -0.25) is 14.6 Å². The second-order valence-electron chi connectivity index (χ2n) is 8.86. The molecule has 8 heteroatoms. The zero-order valence-corrected chi connectivity index (χ0v) is 20.2. The van der Waals surface area contributed by atoms with E-state index in [4.69, 9.17) is 9.97 Å². The summed E-state index contributed by atoms with van der Waals surface area (Å²) in [5, 5.41) is 3.82. The van der Waals surface area contributed by atoms with Crippen LogP contribution in [0.3, 0.4) is 0 Å². The number of piperazine rings is 1. The van der Waals surface area contributed by atoms with Gasteiger partial charge in [-0.05, 0) is 29.8 Å². The second kappa shape index (κ2) is 10.5. The van der Waals surface area contributed by atoms with E-state index < -0.39 is 6.04 Å². The average molecular weight is 481 g/mol. The van der Waals surface area contributed by atoms with Crippen molar-refractivity contribution in [2.75, 3.05) is 31.1 Å². The highest BCUT2D eigenvalue weighted by Gasteiger charge is 2.29. The number of carbonyl (C=O) groups is 2. The summed E-state index contributed by atoms with van der Waals surface area (Å²) in [7, 11) is 0. The fourth-order valence-corrected chi connectivity index (χ4v) is 4.56. The lowest BCUT2D eigenvalue weighted by Gasteiger charge is -2.37. The molecule has 1 aliphatic rings. The quantitative estimate of drug-likeness (QED) is 0.456. The number of hydrogen-bond donors (Lipinski definition) is 1. The summed E-state index contributed by atoms with van der Waals surface area (Å²) in [5.41, 5.74) is 2.59. The topological polar surface area (TPSA) is 91.3 Å². The van der Waals surface area contributed by atoms with E-state index in [9.17, 15) is 9.59 Å². The first-order valence-electron chi connectivity index (χ1n) is 12.1.